The molecule has 0 radical (unpaired) electrons. The van der Waals surface area contributed by atoms with Gasteiger partial charge in [0.1, 0.15) is 5.75 Å². The van der Waals surface area contributed by atoms with Crippen LogP contribution in [0.5, 0.6) is 5.75 Å². The molecule has 0 aliphatic rings. The fourth-order valence-electron chi connectivity index (χ4n) is 0.921. The Morgan fingerprint density at radius 1 is 1.36 bits per heavy atom. The smallest absolute Gasteiger partial charge is 0.142 e. The molecule has 11 heavy (non-hydrogen) atoms. The Bertz CT molecular complexity index is 237. The van der Waals surface area contributed by atoms with Gasteiger partial charge in [-0.2, -0.15) is 0 Å². The van der Waals surface area contributed by atoms with Crippen molar-refractivity contribution in [1.82, 2.24) is 0 Å². The molecule has 0 saturated carbocycles. The molecule has 1 rings (SSSR count). The van der Waals surface area contributed by atoms with Crippen LogP contribution in [0.4, 0.5) is 5.69 Å². The minimum Gasteiger partial charge on any atom is -0.495 e. The quantitative estimate of drug-likeness (QED) is 0.627. The molecule has 0 aliphatic heterocycles. The van der Waals surface area contributed by atoms with Gasteiger partial charge in [-0.3, -0.25) is 0 Å². The zero-order valence-corrected chi connectivity index (χ0v) is 7.90. The molecular weight excluding hydrogens is 157 g/mol. The Hall–Kier alpha value is -0.750. The lowest BCUT2D eigenvalue weighted by molar-refractivity contribution is 0.416. The largest absolute Gasteiger partial charge is 0.495 e. The van der Waals surface area contributed by atoms with Gasteiger partial charge in [0.2, 0.25) is 0 Å². The van der Waals surface area contributed by atoms with Crippen molar-refractivity contribution in [2.45, 2.75) is 0 Å². The van der Waals surface area contributed by atoms with E-state index in [1.54, 1.807) is 7.11 Å². The second-order valence-corrected chi connectivity index (χ2v) is 3.06. The first-order valence-corrected chi connectivity index (χ1v) is 3.89. The molecule has 0 bridgehead atoms. The summed E-state index contributed by atoms with van der Waals surface area (Å²) in [5.74, 6) is 0.894. The number of nitrogens with zero attached hydrogens (tertiary/aromatic N) is 1. The van der Waals surface area contributed by atoms with Gasteiger partial charge in [-0.25, -0.2) is 0 Å². The minimum atomic E-state index is 0.894. The van der Waals surface area contributed by atoms with E-state index < -0.39 is 0 Å². The molecule has 2 nitrogen and oxygen atoms in total. The number of ether oxygens (including phenoxy) is 1. The van der Waals surface area contributed by atoms with E-state index in [9.17, 15) is 0 Å². The number of para-hydroxylation sites is 2. The second kappa shape index (κ2) is 3.59. The maximum absolute atomic E-state index is 5.15. The second-order valence-electron chi connectivity index (χ2n) is 2.28. The van der Waals surface area contributed by atoms with Gasteiger partial charge in [-0.1, -0.05) is 12.1 Å². The van der Waals surface area contributed by atoms with Crippen LogP contribution in [0.15, 0.2) is 24.3 Å². The van der Waals surface area contributed by atoms with Gasteiger partial charge >= 0.3 is 0 Å². The van der Waals surface area contributed by atoms with Crippen LogP contribution in [0.2, 0.25) is 0 Å². The number of anilines is 1. The molecule has 1 aromatic carbocycles. The average Bonchev–Trinajstić information content (AvgIpc) is 2.04. The highest BCUT2D eigenvalue weighted by Crippen LogP contribution is 2.28. The third kappa shape index (κ3) is 1.84. The summed E-state index contributed by atoms with van der Waals surface area (Å²) in [6.07, 6.45) is 0. The molecule has 0 fully saturated rings. The molecule has 1 aromatic rings. The average molecular weight is 169 g/mol. The van der Waals surface area contributed by atoms with E-state index in [1.807, 2.05) is 36.0 Å². The summed E-state index contributed by atoms with van der Waals surface area (Å²) in [6, 6.07) is 7.89. The van der Waals surface area contributed by atoms with Crippen LogP contribution in [0.25, 0.3) is 0 Å². The summed E-state index contributed by atoms with van der Waals surface area (Å²) < 4.78 is 7.09. The summed E-state index contributed by atoms with van der Waals surface area (Å²) >= 11 is 0. The maximum atomic E-state index is 5.15. The summed E-state index contributed by atoms with van der Waals surface area (Å²) in [7, 11) is 6.22. The third-order valence-electron chi connectivity index (χ3n) is 1.47. The Kier molecular flexibility index (Phi) is 2.72. The number of rotatable bonds is 2. The summed E-state index contributed by atoms with van der Waals surface area (Å²) in [5.41, 5.74) is 1.07. The van der Waals surface area contributed by atoms with Crippen molar-refractivity contribution in [3.63, 3.8) is 0 Å². The van der Waals surface area contributed by atoms with Crippen molar-refractivity contribution >= 4 is 15.1 Å². The monoisotopic (exact) mass is 169 g/mol. The van der Waals surface area contributed by atoms with Crippen LogP contribution in [0.3, 0.4) is 0 Å². The lowest BCUT2D eigenvalue weighted by Gasteiger charge is -2.15. The van der Waals surface area contributed by atoms with E-state index in [2.05, 4.69) is 9.39 Å². The predicted octanol–water partition coefficient (Wildman–Crippen LogP) is 1.92. The lowest BCUT2D eigenvalue weighted by atomic mass is 10.3. The summed E-state index contributed by atoms with van der Waals surface area (Å²) in [4.78, 5) is 0. The van der Waals surface area contributed by atoms with Crippen LogP contribution >= 0.6 is 9.39 Å². The Balaban J connectivity index is 3.02. The zero-order valence-electron chi connectivity index (χ0n) is 6.74. The Morgan fingerprint density at radius 2 is 2.00 bits per heavy atom. The van der Waals surface area contributed by atoms with Crippen LogP contribution in [-0.4, -0.2) is 14.2 Å². The third-order valence-corrected chi connectivity index (χ3v) is 1.74. The molecule has 1 atom stereocenters. The van der Waals surface area contributed by atoms with Crippen molar-refractivity contribution in [1.29, 1.82) is 0 Å². The van der Waals surface area contributed by atoms with E-state index >= 15 is 0 Å². The minimum absolute atomic E-state index is 0.894. The normalized spacial score (nSPS) is 9.36. The van der Waals surface area contributed by atoms with E-state index in [4.69, 9.17) is 4.74 Å². The molecule has 0 saturated heterocycles. The molecule has 3 heteroatoms. The van der Waals surface area contributed by atoms with Gasteiger partial charge in [-0.15, -0.1) is 0 Å². The van der Waals surface area contributed by atoms with Gasteiger partial charge in [0.25, 0.3) is 0 Å². The van der Waals surface area contributed by atoms with Crippen molar-refractivity contribution in [2.24, 2.45) is 0 Å². The van der Waals surface area contributed by atoms with Gasteiger partial charge in [0, 0.05) is 7.05 Å². The van der Waals surface area contributed by atoms with Crippen molar-refractivity contribution in [2.75, 3.05) is 18.8 Å². The first kappa shape index (κ1) is 8.35. The Labute approximate surface area is 69.4 Å². The van der Waals surface area contributed by atoms with Crippen molar-refractivity contribution in [3.8, 4) is 5.75 Å². The van der Waals surface area contributed by atoms with E-state index in [-0.39, 0.29) is 0 Å². The highest BCUT2D eigenvalue weighted by Gasteiger charge is 2.01. The summed E-state index contributed by atoms with van der Waals surface area (Å²) in [5, 5.41) is 0. The molecule has 0 aliphatic carbocycles. The fourth-order valence-corrected chi connectivity index (χ4v) is 1.13. The molecule has 0 aromatic heterocycles. The van der Waals surface area contributed by atoms with Gasteiger partial charge in [-0.05, 0) is 21.5 Å². The number of hydrogen-bond donors (Lipinski definition) is 0. The summed E-state index contributed by atoms with van der Waals surface area (Å²) in [6.45, 7) is 0. The molecule has 1 unspecified atom stereocenters. The van der Waals surface area contributed by atoms with Gasteiger partial charge in [0.05, 0.1) is 12.8 Å². The van der Waals surface area contributed by atoms with Crippen molar-refractivity contribution in [3.05, 3.63) is 24.3 Å². The molecule has 0 amide bonds. The molecular formula is C8H12NOP. The molecule has 0 spiro atoms. The predicted molar refractivity (Wildman–Crippen MR) is 51.1 cm³/mol. The van der Waals surface area contributed by atoms with Crippen LogP contribution in [0.1, 0.15) is 0 Å². The Morgan fingerprint density at radius 3 is 2.45 bits per heavy atom. The SMILES string of the molecule is COc1ccccc1N(C)P. The lowest BCUT2D eigenvalue weighted by Crippen LogP contribution is -2.01. The number of benzene rings is 1. The van der Waals surface area contributed by atoms with Crippen LogP contribution < -0.4 is 9.41 Å². The standard InChI is InChI=1S/C8H12NOP/c1-9(11)7-5-3-4-6-8(7)10-2/h3-6H,11H2,1-2H3. The van der Waals surface area contributed by atoms with Crippen LogP contribution in [-0.2, 0) is 0 Å². The fraction of sp³-hybridized carbons (Fsp3) is 0.250. The highest BCUT2D eigenvalue weighted by molar-refractivity contribution is 7.19. The maximum Gasteiger partial charge on any atom is 0.142 e. The zero-order chi connectivity index (χ0) is 8.27. The molecule has 0 heterocycles. The van der Waals surface area contributed by atoms with Crippen LogP contribution in [0, 0.1) is 0 Å². The van der Waals surface area contributed by atoms with Gasteiger partial charge < -0.3 is 9.41 Å². The van der Waals surface area contributed by atoms with Gasteiger partial charge in [0.15, 0.2) is 0 Å². The highest BCUT2D eigenvalue weighted by atomic mass is 31.0. The topological polar surface area (TPSA) is 12.5 Å². The van der Waals surface area contributed by atoms with E-state index in [0.29, 0.717) is 0 Å². The van der Waals surface area contributed by atoms with E-state index in [0.717, 1.165) is 11.4 Å². The first-order valence-electron chi connectivity index (χ1n) is 3.37. The van der Waals surface area contributed by atoms with E-state index in [1.165, 1.54) is 0 Å². The number of methoxy groups -OCH3 is 1. The number of hydrogen-bond acceptors (Lipinski definition) is 2. The molecule has 0 N–H and O–H groups in total. The molecule has 60 valence electrons. The van der Waals surface area contributed by atoms with Crippen molar-refractivity contribution < 1.29 is 4.74 Å². The first-order chi connectivity index (χ1) is 5.25.